The number of benzene rings is 2. The number of rotatable bonds is 6. The van der Waals surface area contributed by atoms with Gasteiger partial charge in [0.1, 0.15) is 0 Å². The van der Waals surface area contributed by atoms with E-state index in [4.69, 9.17) is 5.73 Å². The lowest BCUT2D eigenvalue weighted by molar-refractivity contribution is 0.193. The van der Waals surface area contributed by atoms with E-state index in [0.717, 1.165) is 17.7 Å². The van der Waals surface area contributed by atoms with E-state index in [1.807, 2.05) is 48.5 Å². The summed E-state index contributed by atoms with van der Waals surface area (Å²) in [6, 6.07) is 20.1. The number of thioether (sulfide) groups is 1. The van der Waals surface area contributed by atoms with Crippen LogP contribution in [0.2, 0.25) is 0 Å². The van der Waals surface area contributed by atoms with Gasteiger partial charge in [-0.25, -0.2) is 0 Å². The Morgan fingerprint density at radius 2 is 1.53 bits per heavy atom. The van der Waals surface area contributed by atoms with Gasteiger partial charge in [-0.1, -0.05) is 48.5 Å². The predicted octanol–water partition coefficient (Wildman–Crippen LogP) is 3.02. The Bertz CT molecular complexity index is 489. The Morgan fingerprint density at radius 1 is 0.947 bits per heavy atom. The van der Waals surface area contributed by atoms with Crippen molar-refractivity contribution < 1.29 is 5.11 Å². The first kappa shape index (κ1) is 14.1. The minimum Gasteiger partial charge on any atom is -0.394 e. The fraction of sp³-hybridized carbons (Fsp3) is 0.250. The minimum atomic E-state index is -0.650. The lowest BCUT2D eigenvalue weighted by Gasteiger charge is -2.27. The third-order valence-corrected chi connectivity index (χ3v) is 4.20. The van der Waals surface area contributed by atoms with Gasteiger partial charge in [-0.15, -0.1) is 11.8 Å². The third kappa shape index (κ3) is 3.83. The molecule has 2 nitrogen and oxygen atoms in total. The molecular formula is C16H19NOS. The molecule has 0 aliphatic heterocycles. The molecule has 100 valence electrons. The van der Waals surface area contributed by atoms with E-state index in [2.05, 4.69) is 12.1 Å². The Morgan fingerprint density at radius 3 is 2.11 bits per heavy atom. The maximum Gasteiger partial charge on any atom is 0.0653 e. The molecule has 19 heavy (non-hydrogen) atoms. The van der Waals surface area contributed by atoms with Crippen LogP contribution in [0.15, 0.2) is 65.6 Å². The van der Waals surface area contributed by atoms with Crippen LogP contribution < -0.4 is 5.73 Å². The predicted molar refractivity (Wildman–Crippen MR) is 81.2 cm³/mol. The van der Waals surface area contributed by atoms with Gasteiger partial charge in [0, 0.05) is 10.6 Å². The maximum atomic E-state index is 9.60. The molecule has 1 unspecified atom stereocenters. The second kappa shape index (κ2) is 6.75. The second-order valence-electron chi connectivity index (χ2n) is 4.59. The summed E-state index contributed by atoms with van der Waals surface area (Å²) in [5, 5.41) is 9.60. The summed E-state index contributed by atoms with van der Waals surface area (Å²) in [4.78, 5) is 1.23. The fourth-order valence-corrected chi connectivity index (χ4v) is 3.00. The maximum absolute atomic E-state index is 9.60. The molecule has 2 aromatic rings. The molecule has 0 saturated heterocycles. The molecule has 0 aliphatic rings. The summed E-state index contributed by atoms with van der Waals surface area (Å²) in [5.74, 6) is 0.885. The van der Waals surface area contributed by atoms with Crippen molar-refractivity contribution in [1.29, 1.82) is 0 Å². The van der Waals surface area contributed by atoms with Crippen LogP contribution in [0.25, 0.3) is 0 Å². The first-order valence-corrected chi connectivity index (χ1v) is 7.36. The van der Waals surface area contributed by atoms with E-state index in [1.54, 1.807) is 11.8 Å². The molecule has 2 aromatic carbocycles. The van der Waals surface area contributed by atoms with Gasteiger partial charge in [-0.05, 0) is 24.1 Å². The van der Waals surface area contributed by atoms with Crippen LogP contribution in [-0.2, 0) is 5.54 Å². The molecule has 0 aromatic heterocycles. The van der Waals surface area contributed by atoms with Crippen molar-refractivity contribution in [3.8, 4) is 0 Å². The van der Waals surface area contributed by atoms with Crippen LogP contribution in [0.4, 0.5) is 0 Å². The summed E-state index contributed by atoms with van der Waals surface area (Å²) in [5.41, 5.74) is 6.66. The minimum absolute atomic E-state index is 0.0354. The van der Waals surface area contributed by atoms with Crippen LogP contribution in [0, 0.1) is 0 Å². The number of aliphatic hydroxyl groups is 1. The van der Waals surface area contributed by atoms with Gasteiger partial charge in [0.05, 0.1) is 12.1 Å². The highest BCUT2D eigenvalue weighted by Crippen LogP contribution is 2.26. The van der Waals surface area contributed by atoms with Gasteiger partial charge in [0.2, 0.25) is 0 Å². The van der Waals surface area contributed by atoms with E-state index in [1.165, 1.54) is 4.90 Å². The molecule has 0 amide bonds. The van der Waals surface area contributed by atoms with Gasteiger partial charge in [0.15, 0.2) is 0 Å². The average molecular weight is 273 g/mol. The largest absolute Gasteiger partial charge is 0.394 e. The van der Waals surface area contributed by atoms with Gasteiger partial charge in [0.25, 0.3) is 0 Å². The number of aliphatic hydroxyl groups excluding tert-OH is 1. The molecule has 3 N–H and O–H groups in total. The molecule has 0 saturated carbocycles. The Labute approximate surface area is 118 Å². The quantitative estimate of drug-likeness (QED) is 0.795. The van der Waals surface area contributed by atoms with E-state index < -0.39 is 5.54 Å². The smallest absolute Gasteiger partial charge is 0.0653 e. The van der Waals surface area contributed by atoms with Crippen molar-refractivity contribution in [2.45, 2.75) is 16.9 Å². The van der Waals surface area contributed by atoms with Crippen molar-refractivity contribution >= 4 is 11.8 Å². The van der Waals surface area contributed by atoms with Gasteiger partial charge >= 0.3 is 0 Å². The first-order chi connectivity index (χ1) is 9.24. The Kier molecular flexibility index (Phi) is 5.02. The van der Waals surface area contributed by atoms with Crippen molar-refractivity contribution in [1.82, 2.24) is 0 Å². The zero-order valence-electron chi connectivity index (χ0n) is 10.8. The number of hydrogen-bond donors (Lipinski definition) is 2. The lowest BCUT2D eigenvalue weighted by atomic mass is 9.89. The van der Waals surface area contributed by atoms with Crippen LogP contribution in [0.3, 0.4) is 0 Å². The third-order valence-electron chi connectivity index (χ3n) is 3.19. The highest BCUT2D eigenvalue weighted by Gasteiger charge is 2.25. The molecule has 0 radical (unpaired) electrons. The molecule has 0 spiro atoms. The molecule has 0 aliphatic carbocycles. The monoisotopic (exact) mass is 273 g/mol. The second-order valence-corrected chi connectivity index (χ2v) is 5.76. The molecule has 1 atom stereocenters. The van der Waals surface area contributed by atoms with Crippen molar-refractivity contribution in [2.75, 3.05) is 12.4 Å². The van der Waals surface area contributed by atoms with Crippen molar-refractivity contribution in [2.24, 2.45) is 5.73 Å². The molecule has 0 bridgehead atoms. The molecule has 0 heterocycles. The highest BCUT2D eigenvalue weighted by molar-refractivity contribution is 7.99. The SMILES string of the molecule is NC(CO)(CCSc1ccccc1)c1ccccc1. The van der Waals surface area contributed by atoms with Crippen LogP contribution in [0.5, 0.6) is 0 Å². The zero-order chi connectivity index (χ0) is 13.6. The van der Waals surface area contributed by atoms with E-state index in [-0.39, 0.29) is 6.61 Å². The Balaban J connectivity index is 1.96. The fourth-order valence-electron chi connectivity index (χ4n) is 1.95. The zero-order valence-corrected chi connectivity index (χ0v) is 11.6. The first-order valence-electron chi connectivity index (χ1n) is 6.38. The van der Waals surface area contributed by atoms with Crippen molar-refractivity contribution in [3.05, 3.63) is 66.2 Å². The van der Waals surface area contributed by atoms with Crippen molar-refractivity contribution in [3.63, 3.8) is 0 Å². The average Bonchev–Trinajstić information content (AvgIpc) is 2.49. The molecule has 0 fully saturated rings. The van der Waals surface area contributed by atoms with Crippen LogP contribution in [0.1, 0.15) is 12.0 Å². The number of nitrogens with two attached hydrogens (primary N) is 1. The lowest BCUT2D eigenvalue weighted by Crippen LogP contribution is -2.41. The molecule has 2 rings (SSSR count). The van der Waals surface area contributed by atoms with Gasteiger partial charge in [-0.3, -0.25) is 0 Å². The highest BCUT2D eigenvalue weighted by atomic mass is 32.2. The summed E-state index contributed by atoms with van der Waals surface area (Å²) >= 11 is 1.77. The normalized spacial score (nSPS) is 14.0. The van der Waals surface area contributed by atoms with Gasteiger partial charge in [-0.2, -0.15) is 0 Å². The van der Waals surface area contributed by atoms with E-state index in [9.17, 15) is 5.11 Å². The summed E-state index contributed by atoms with van der Waals surface area (Å²) in [7, 11) is 0. The van der Waals surface area contributed by atoms with Crippen LogP contribution in [-0.4, -0.2) is 17.5 Å². The molecular weight excluding hydrogens is 254 g/mol. The van der Waals surface area contributed by atoms with E-state index in [0.29, 0.717) is 0 Å². The summed E-state index contributed by atoms with van der Waals surface area (Å²) < 4.78 is 0. The topological polar surface area (TPSA) is 46.2 Å². The molecule has 3 heteroatoms. The van der Waals surface area contributed by atoms with E-state index >= 15 is 0 Å². The Hall–Kier alpha value is -1.29. The van der Waals surface area contributed by atoms with Crippen LogP contribution >= 0.6 is 11.8 Å². The number of hydrogen-bond acceptors (Lipinski definition) is 3. The standard InChI is InChI=1S/C16H19NOS/c17-16(13-18,14-7-3-1-4-8-14)11-12-19-15-9-5-2-6-10-15/h1-10,18H,11-13,17H2. The summed E-state index contributed by atoms with van der Waals surface area (Å²) in [6.45, 7) is -0.0354. The van der Waals surface area contributed by atoms with Gasteiger partial charge < -0.3 is 10.8 Å². The summed E-state index contributed by atoms with van der Waals surface area (Å²) in [6.07, 6.45) is 0.743.